The summed E-state index contributed by atoms with van der Waals surface area (Å²) in [5, 5.41) is 3.29. The van der Waals surface area contributed by atoms with Gasteiger partial charge in [-0.3, -0.25) is 14.4 Å². The van der Waals surface area contributed by atoms with Crippen molar-refractivity contribution < 1.29 is 9.59 Å². The standard InChI is InChI=1S/C29H23ClN4O3/c30-27-12-10-20(17-32-27)18-34-14-4-7-23(29(34)37)26(35)8-2-1-5-19-9-11-22-24(16-21-6-3-13-31-21)28(36)33-25(22)15-19/h1,3-7,9-17,31H,2,8,18H2,(H,33,36)/b5-1+,24-16-. The Kier molecular flexibility index (Phi) is 6.96. The van der Waals surface area contributed by atoms with Crippen molar-refractivity contribution in [3.05, 3.63) is 123 Å². The smallest absolute Gasteiger partial charge is 0.261 e. The monoisotopic (exact) mass is 510 g/mol. The number of amides is 1. The van der Waals surface area contributed by atoms with Gasteiger partial charge in [-0.15, -0.1) is 0 Å². The van der Waals surface area contributed by atoms with Crippen LogP contribution in [0.5, 0.6) is 0 Å². The molecule has 7 nitrogen and oxygen atoms in total. The van der Waals surface area contributed by atoms with E-state index in [-0.39, 0.29) is 29.2 Å². The SMILES string of the molecule is O=C1Nc2cc(/C=C/CCC(=O)c3cccn(Cc4ccc(Cl)nc4)c3=O)ccc2/C1=C/c1ccc[nH]1. The molecule has 8 heteroatoms. The molecular formula is C29H23ClN4O3. The zero-order chi connectivity index (χ0) is 25.8. The molecule has 0 aliphatic carbocycles. The Morgan fingerprint density at radius 3 is 2.76 bits per heavy atom. The zero-order valence-electron chi connectivity index (χ0n) is 19.8. The number of aromatic amines is 1. The van der Waals surface area contributed by atoms with Crippen LogP contribution >= 0.6 is 11.6 Å². The van der Waals surface area contributed by atoms with Crippen LogP contribution in [-0.4, -0.2) is 26.2 Å². The Balaban J connectivity index is 1.22. The highest BCUT2D eigenvalue weighted by molar-refractivity contribution is 6.34. The molecule has 37 heavy (non-hydrogen) atoms. The number of rotatable bonds is 8. The van der Waals surface area contributed by atoms with E-state index in [1.807, 2.05) is 54.8 Å². The molecule has 1 aliphatic heterocycles. The highest BCUT2D eigenvalue weighted by Crippen LogP contribution is 2.34. The van der Waals surface area contributed by atoms with Gasteiger partial charge in [0.1, 0.15) is 5.15 Å². The topological polar surface area (TPSA) is 96.8 Å². The maximum atomic E-state index is 12.8. The number of carbonyl (C=O) groups excluding carboxylic acids is 2. The van der Waals surface area contributed by atoms with Gasteiger partial charge in [-0.05, 0) is 60.0 Å². The van der Waals surface area contributed by atoms with Crippen LogP contribution in [0.3, 0.4) is 0 Å². The quantitative estimate of drug-likeness (QED) is 0.187. The number of fused-ring (bicyclic) bond motifs is 1. The normalized spacial score (nSPS) is 13.8. The molecule has 5 rings (SSSR count). The molecule has 184 valence electrons. The molecule has 0 fully saturated rings. The van der Waals surface area contributed by atoms with Crippen molar-refractivity contribution in [2.24, 2.45) is 0 Å². The van der Waals surface area contributed by atoms with Crippen molar-refractivity contribution in [2.45, 2.75) is 19.4 Å². The van der Waals surface area contributed by atoms with Crippen molar-refractivity contribution in [1.82, 2.24) is 14.5 Å². The van der Waals surface area contributed by atoms with Gasteiger partial charge >= 0.3 is 0 Å². The number of benzene rings is 1. The largest absolute Gasteiger partial charge is 0.362 e. The third-order valence-corrected chi connectivity index (χ3v) is 6.28. The maximum absolute atomic E-state index is 12.8. The van der Waals surface area contributed by atoms with Crippen LogP contribution in [0.25, 0.3) is 17.7 Å². The summed E-state index contributed by atoms with van der Waals surface area (Å²) in [6.45, 7) is 0.306. The number of nitrogens with one attached hydrogen (secondary N) is 2. The van der Waals surface area contributed by atoms with Crippen molar-refractivity contribution in [1.29, 1.82) is 0 Å². The van der Waals surface area contributed by atoms with Crippen LogP contribution in [0.4, 0.5) is 5.69 Å². The van der Waals surface area contributed by atoms with Crippen molar-refractivity contribution >= 4 is 46.7 Å². The number of ketones is 1. The Morgan fingerprint density at radius 1 is 1.08 bits per heavy atom. The lowest BCUT2D eigenvalue weighted by molar-refractivity contribution is -0.110. The second-order valence-electron chi connectivity index (χ2n) is 8.65. The van der Waals surface area contributed by atoms with E-state index in [2.05, 4.69) is 15.3 Å². The number of Topliss-reactive ketones (excluding diaryl/α,β-unsaturated/α-hetero) is 1. The predicted octanol–water partition coefficient (Wildman–Crippen LogP) is 5.44. The first kappa shape index (κ1) is 24.2. The van der Waals surface area contributed by atoms with Crippen LogP contribution in [0.2, 0.25) is 5.15 Å². The molecule has 0 saturated heterocycles. The molecule has 0 bridgehead atoms. The number of hydrogen-bond acceptors (Lipinski definition) is 4. The number of carbonyl (C=O) groups is 2. The number of halogens is 1. The minimum Gasteiger partial charge on any atom is -0.362 e. The van der Waals surface area contributed by atoms with Crippen LogP contribution in [0.1, 0.15) is 45.6 Å². The second kappa shape index (κ2) is 10.6. The van der Waals surface area contributed by atoms with Gasteiger partial charge in [0.05, 0.1) is 17.7 Å². The summed E-state index contributed by atoms with van der Waals surface area (Å²) in [7, 11) is 0. The molecule has 0 radical (unpaired) electrons. The molecule has 0 saturated carbocycles. The summed E-state index contributed by atoms with van der Waals surface area (Å²) < 4.78 is 1.49. The minimum atomic E-state index is -0.330. The van der Waals surface area contributed by atoms with Gasteiger partial charge in [-0.1, -0.05) is 42.0 Å². The van der Waals surface area contributed by atoms with E-state index in [1.54, 1.807) is 36.7 Å². The molecule has 1 aromatic carbocycles. The summed E-state index contributed by atoms with van der Waals surface area (Å²) in [5.74, 6) is -0.351. The first-order chi connectivity index (χ1) is 18.0. The summed E-state index contributed by atoms with van der Waals surface area (Å²) in [6, 6.07) is 16.3. The molecule has 1 amide bonds. The summed E-state index contributed by atoms with van der Waals surface area (Å²) in [6.07, 6.45) is 11.4. The molecule has 4 aromatic rings. The van der Waals surface area contributed by atoms with E-state index < -0.39 is 0 Å². The lowest BCUT2D eigenvalue weighted by Crippen LogP contribution is -2.26. The van der Waals surface area contributed by atoms with Gasteiger partial charge in [0, 0.05) is 42.0 Å². The number of pyridine rings is 2. The summed E-state index contributed by atoms with van der Waals surface area (Å²) in [4.78, 5) is 45.1. The van der Waals surface area contributed by atoms with Gasteiger partial charge in [0.15, 0.2) is 5.78 Å². The molecule has 2 N–H and O–H groups in total. The third kappa shape index (κ3) is 5.52. The highest BCUT2D eigenvalue weighted by Gasteiger charge is 2.24. The Morgan fingerprint density at radius 2 is 1.97 bits per heavy atom. The Hall–Kier alpha value is -4.49. The molecule has 3 aromatic heterocycles. The van der Waals surface area contributed by atoms with Gasteiger partial charge in [0.25, 0.3) is 11.5 Å². The van der Waals surface area contributed by atoms with Gasteiger partial charge in [-0.25, -0.2) is 4.98 Å². The average Bonchev–Trinajstić information content (AvgIpc) is 3.52. The van der Waals surface area contributed by atoms with E-state index in [1.165, 1.54) is 4.57 Å². The number of H-pyrrole nitrogens is 1. The Labute approximate surface area is 218 Å². The summed E-state index contributed by atoms with van der Waals surface area (Å²) in [5.41, 5.74) is 4.63. The van der Waals surface area contributed by atoms with E-state index in [0.29, 0.717) is 23.7 Å². The fourth-order valence-corrected chi connectivity index (χ4v) is 4.30. The molecule has 0 unspecified atom stereocenters. The van der Waals surface area contributed by atoms with Gasteiger partial charge in [-0.2, -0.15) is 0 Å². The predicted molar refractivity (Wildman–Crippen MR) is 145 cm³/mol. The van der Waals surface area contributed by atoms with Gasteiger partial charge in [0.2, 0.25) is 0 Å². The number of aromatic nitrogens is 3. The van der Waals surface area contributed by atoms with E-state index in [0.717, 1.165) is 28.1 Å². The van der Waals surface area contributed by atoms with E-state index >= 15 is 0 Å². The van der Waals surface area contributed by atoms with E-state index in [9.17, 15) is 14.4 Å². The van der Waals surface area contributed by atoms with Crippen molar-refractivity contribution in [3.63, 3.8) is 0 Å². The fourth-order valence-electron chi connectivity index (χ4n) is 4.19. The zero-order valence-corrected chi connectivity index (χ0v) is 20.5. The van der Waals surface area contributed by atoms with Crippen LogP contribution in [0.15, 0.2) is 84.1 Å². The fraction of sp³-hybridized carbons (Fsp3) is 0.103. The number of hydrogen-bond donors (Lipinski definition) is 2. The van der Waals surface area contributed by atoms with E-state index in [4.69, 9.17) is 11.6 Å². The number of allylic oxidation sites excluding steroid dienone is 1. The minimum absolute atomic E-state index is 0.142. The maximum Gasteiger partial charge on any atom is 0.261 e. The average molecular weight is 511 g/mol. The summed E-state index contributed by atoms with van der Waals surface area (Å²) >= 11 is 5.82. The number of anilines is 1. The van der Waals surface area contributed by atoms with Crippen LogP contribution < -0.4 is 10.9 Å². The molecule has 0 spiro atoms. The lowest BCUT2D eigenvalue weighted by atomic mass is 10.0. The van der Waals surface area contributed by atoms with Gasteiger partial charge < -0.3 is 14.9 Å². The molecular weight excluding hydrogens is 488 g/mol. The Bertz CT molecular complexity index is 1580. The van der Waals surface area contributed by atoms with Crippen molar-refractivity contribution in [2.75, 3.05) is 5.32 Å². The highest BCUT2D eigenvalue weighted by atomic mass is 35.5. The molecule has 4 heterocycles. The second-order valence-corrected chi connectivity index (χ2v) is 9.04. The van der Waals surface area contributed by atoms with Crippen LogP contribution in [0, 0.1) is 0 Å². The molecule has 0 atom stereocenters. The van der Waals surface area contributed by atoms with Crippen molar-refractivity contribution in [3.8, 4) is 0 Å². The third-order valence-electron chi connectivity index (χ3n) is 6.06. The first-order valence-electron chi connectivity index (χ1n) is 11.8. The number of nitrogens with zero attached hydrogens (tertiary/aromatic N) is 2. The first-order valence-corrected chi connectivity index (χ1v) is 12.2. The lowest BCUT2D eigenvalue weighted by Gasteiger charge is -2.07. The van der Waals surface area contributed by atoms with Crippen LogP contribution in [-0.2, 0) is 11.3 Å². The molecule has 1 aliphatic rings.